The molecule has 5 nitrogen and oxygen atoms in total. The first-order chi connectivity index (χ1) is 9.56. The van der Waals surface area contributed by atoms with Gasteiger partial charge >= 0.3 is 11.8 Å². The molecule has 0 heterocycles. The summed E-state index contributed by atoms with van der Waals surface area (Å²) in [4.78, 5) is 22.7. The Morgan fingerprint density at radius 3 is 2.50 bits per heavy atom. The summed E-state index contributed by atoms with van der Waals surface area (Å²) >= 11 is 11.8. The smallest absolute Gasteiger partial charge is 0.329 e. The van der Waals surface area contributed by atoms with Crippen molar-refractivity contribution >= 4 is 41.2 Å². The molecule has 7 heteroatoms. The summed E-state index contributed by atoms with van der Waals surface area (Å²) in [6.07, 6.45) is 3.05. The Hall–Kier alpha value is -1.59. The maximum absolute atomic E-state index is 11.4. The number of carbonyl (C=O) groups is 2. The van der Waals surface area contributed by atoms with Gasteiger partial charge < -0.3 is 5.32 Å². The van der Waals surface area contributed by atoms with Gasteiger partial charge in [-0.2, -0.15) is 5.10 Å². The van der Waals surface area contributed by atoms with Gasteiger partial charge in [0, 0.05) is 12.1 Å². The van der Waals surface area contributed by atoms with Gasteiger partial charge in [-0.1, -0.05) is 42.6 Å². The summed E-state index contributed by atoms with van der Waals surface area (Å²) in [5.41, 5.74) is 2.59. The number of benzene rings is 1. The Balaban J connectivity index is 2.52. The summed E-state index contributed by atoms with van der Waals surface area (Å²) in [5, 5.41) is 6.95. The van der Waals surface area contributed by atoms with Crippen LogP contribution in [-0.4, -0.2) is 24.6 Å². The number of hydrazone groups is 1. The van der Waals surface area contributed by atoms with Crippen molar-refractivity contribution in [2.45, 2.75) is 19.8 Å². The van der Waals surface area contributed by atoms with E-state index in [4.69, 9.17) is 23.2 Å². The summed E-state index contributed by atoms with van der Waals surface area (Å²) in [6.45, 7) is 2.45. The zero-order chi connectivity index (χ0) is 15.0. The number of rotatable bonds is 5. The third-order valence-electron chi connectivity index (χ3n) is 2.38. The van der Waals surface area contributed by atoms with E-state index in [2.05, 4.69) is 15.8 Å². The van der Waals surface area contributed by atoms with Crippen molar-refractivity contribution in [2.24, 2.45) is 5.10 Å². The van der Waals surface area contributed by atoms with Crippen molar-refractivity contribution in [3.8, 4) is 0 Å². The molecule has 20 heavy (non-hydrogen) atoms. The fraction of sp³-hybridized carbons (Fsp3) is 0.308. The van der Waals surface area contributed by atoms with Gasteiger partial charge in [-0.25, -0.2) is 5.43 Å². The number of halogens is 2. The van der Waals surface area contributed by atoms with Crippen molar-refractivity contribution < 1.29 is 9.59 Å². The van der Waals surface area contributed by atoms with E-state index in [1.54, 1.807) is 18.2 Å². The second-order valence-corrected chi connectivity index (χ2v) is 4.76. The lowest BCUT2D eigenvalue weighted by Gasteiger charge is -2.03. The standard InChI is InChI=1S/C13H15Cl2N3O2/c1-2-3-7-16-12(19)13(20)18-17-8-9-10(14)5-4-6-11(9)15/h4-6,8H,2-3,7H2,1H3,(H,16,19)(H,18,20). The fourth-order valence-corrected chi connectivity index (χ4v) is 1.79. The molecule has 0 aliphatic carbocycles. The molecule has 0 atom stereocenters. The number of nitrogens with one attached hydrogen (secondary N) is 2. The van der Waals surface area contributed by atoms with Gasteiger partial charge in [-0.05, 0) is 18.6 Å². The quantitative estimate of drug-likeness (QED) is 0.379. The van der Waals surface area contributed by atoms with E-state index in [-0.39, 0.29) is 0 Å². The first-order valence-electron chi connectivity index (χ1n) is 6.11. The van der Waals surface area contributed by atoms with Crippen LogP contribution in [0.15, 0.2) is 23.3 Å². The number of hydrogen-bond acceptors (Lipinski definition) is 3. The molecule has 1 rings (SSSR count). The zero-order valence-corrected chi connectivity index (χ0v) is 12.5. The van der Waals surface area contributed by atoms with E-state index in [1.807, 2.05) is 6.92 Å². The van der Waals surface area contributed by atoms with Gasteiger partial charge in [-0.3, -0.25) is 9.59 Å². The van der Waals surface area contributed by atoms with Crippen molar-refractivity contribution in [1.29, 1.82) is 0 Å². The molecule has 0 aromatic heterocycles. The van der Waals surface area contributed by atoms with Gasteiger partial charge in [0.25, 0.3) is 0 Å². The van der Waals surface area contributed by atoms with Crippen LogP contribution < -0.4 is 10.7 Å². The molecule has 0 aliphatic rings. The SMILES string of the molecule is CCCCNC(=O)C(=O)NN=Cc1c(Cl)cccc1Cl. The first-order valence-corrected chi connectivity index (χ1v) is 6.87. The largest absolute Gasteiger partial charge is 0.348 e. The van der Waals surface area contributed by atoms with Crippen LogP contribution >= 0.6 is 23.2 Å². The van der Waals surface area contributed by atoms with Gasteiger partial charge in [0.15, 0.2) is 0 Å². The normalized spacial score (nSPS) is 10.6. The highest BCUT2D eigenvalue weighted by Gasteiger charge is 2.11. The van der Waals surface area contributed by atoms with Crippen LogP contribution in [0, 0.1) is 0 Å². The second-order valence-electron chi connectivity index (χ2n) is 3.94. The molecular formula is C13H15Cl2N3O2. The monoisotopic (exact) mass is 315 g/mol. The van der Waals surface area contributed by atoms with Crippen LogP contribution in [0.2, 0.25) is 10.0 Å². The predicted octanol–water partition coefficient (Wildman–Crippen LogP) is 2.36. The molecule has 0 radical (unpaired) electrons. The van der Waals surface area contributed by atoms with Crippen LogP contribution in [0.3, 0.4) is 0 Å². The summed E-state index contributed by atoms with van der Waals surface area (Å²) in [6, 6.07) is 4.99. The highest BCUT2D eigenvalue weighted by molar-refractivity contribution is 6.38. The maximum atomic E-state index is 11.4. The van der Waals surface area contributed by atoms with E-state index >= 15 is 0 Å². The van der Waals surface area contributed by atoms with Crippen LogP contribution in [0.4, 0.5) is 0 Å². The molecule has 0 bridgehead atoms. The number of carbonyl (C=O) groups excluding carboxylic acids is 2. The minimum atomic E-state index is -0.833. The third kappa shape index (κ3) is 5.19. The van der Waals surface area contributed by atoms with E-state index in [0.717, 1.165) is 12.8 Å². The molecule has 0 unspecified atom stereocenters. The van der Waals surface area contributed by atoms with Crippen molar-refractivity contribution in [1.82, 2.24) is 10.7 Å². The van der Waals surface area contributed by atoms with Crippen molar-refractivity contribution in [2.75, 3.05) is 6.54 Å². The number of unbranched alkanes of at least 4 members (excludes halogenated alkanes) is 1. The molecule has 0 aliphatic heterocycles. The van der Waals surface area contributed by atoms with Crippen LogP contribution in [0.1, 0.15) is 25.3 Å². The Morgan fingerprint density at radius 1 is 1.25 bits per heavy atom. The highest BCUT2D eigenvalue weighted by Crippen LogP contribution is 2.21. The predicted molar refractivity (Wildman–Crippen MR) is 80.1 cm³/mol. The lowest BCUT2D eigenvalue weighted by molar-refractivity contribution is -0.139. The van der Waals surface area contributed by atoms with E-state index < -0.39 is 11.8 Å². The molecule has 1 aromatic rings. The molecule has 0 spiro atoms. The van der Waals surface area contributed by atoms with E-state index in [9.17, 15) is 9.59 Å². The molecular weight excluding hydrogens is 301 g/mol. The minimum absolute atomic E-state index is 0.405. The van der Waals surface area contributed by atoms with Crippen LogP contribution in [0.25, 0.3) is 0 Å². The van der Waals surface area contributed by atoms with Gasteiger partial charge in [-0.15, -0.1) is 0 Å². The Bertz CT molecular complexity index is 498. The van der Waals surface area contributed by atoms with E-state index in [0.29, 0.717) is 22.2 Å². The third-order valence-corrected chi connectivity index (χ3v) is 3.04. The lowest BCUT2D eigenvalue weighted by atomic mass is 10.2. The molecule has 0 fully saturated rings. The zero-order valence-electron chi connectivity index (χ0n) is 11.0. The number of hydrogen-bond donors (Lipinski definition) is 2. The Kier molecular flexibility index (Phi) is 7.04. The second kappa shape index (κ2) is 8.55. The average Bonchev–Trinajstić information content (AvgIpc) is 2.42. The Morgan fingerprint density at radius 2 is 1.90 bits per heavy atom. The lowest BCUT2D eigenvalue weighted by Crippen LogP contribution is -2.38. The molecule has 0 saturated heterocycles. The maximum Gasteiger partial charge on any atom is 0.329 e. The average molecular weight is 316 g/mol. The summed E-state index contributed by atoms with van der Waals surface area (Å²) in [7, 11) is 0. The molecule has 2 amide bonds. The van der Waals surface area contributed by atoms with E-state index in [1.165, 1.54) is 6.21 Å². The number of amides is 2. The van der Waals surface area contributed by atoms with Crippen molar-refractivity contribution in [3.05, 3.63) is 33.8 Å². The minimum Gasteiger partial charge on any atom is -0.348 e. The van der Waals surface area contributed by atoms with Crippen LogP contribution in [-0.2, 0) is 9.59 Å². The molecule has 2 N–H and O–H groups in total. The summed E-state index contributed by atoms with van der Waals surface area (Å²) in [5.74, 6) is -1.55. The topological polar surface area (TPSA) is 70.6 Å². The number of nitrogens with zero attached hydrogens (tertiary/aromatic N) is 1. The molecule has 1 aromatic carbocycles. The fourth-order valence-electron chi connectivity index (χ4n) is 1.30. The molecule has 108 valence electrons. The molecule has 0 saturated carbocycles. The van der Waals surface area contributed by atoms with Gasteiger partial charge in [0.1, 0.15) is 0 Å². The van der Waals surface area contributed by atoms with Gasteiger partial charge in [0.2, 0.25) is 0 Å². The Labute approximate surface area is 127 Å². The first kappa shape index (κ1) is 16.5. The highest BCUT2D eigenvalue weighted by atomic mass is 35.5. The summed E-state index contributed by atoms with van der Waals surface area (Å²) < 4.78 is 0. The van der Waals surface area contributed by atoms with Crippen molar-refractivity contribution in [3.63, 3.8) is 0 Å². The van der Waals surface area contributed by atoms with Gasteiger partial charge in [0.05, 0.1) is 16.3 Å². The van der Waals surface area contributed by atoms with Crippen LogP contribution in [0.5, 0.6) is 0 Å².